The van der Waals surface area contributed by atoms with Crippen molar-refractivity contribution in [2.45, 2.75) is 130 Å². The van der Waals surface area contributed by atoms with Crippen LogP contribution in [0.5, 0.6) is 0 Å². The summed E-state index contributed by atoms with van der Waals surface area (Å²) in [4.78, 5) is 0. The Morgan fingerprint density at radius 3 is 1.33 bits per heavy atom. The van der Waals surface area contributed by atoms with Crippen molar-refractivity contribution < 1.29 is 0 Å². The molecule has 0 N–H and O–H groups in total. The number of hydrogen-bond donors (Lipinski definition) is 0. The number of benzene rings is 2. The van der Waals surface area contributed by atoms with Crippen molar-refractivity contribution >= 4 is 11.6 Å². The van der Waals surface area contributed by atoms with E-state index >= 15 is 0 Å². The van der Waals surface area contributed by atoms with Crippen LogP contribution in [0, 0.1) is 0 Å². The molecule has 2 aromatic carbocycles. The Hall–Kier alpha value is -1.27. The van der Waals surface area contributed by atoms with Crippen molar-refractivity contribution in [1.82, 2.24) is 0 Å². The first-order valence-electron chi connectivity index (χ1n) is 13.2. The first-order chi connectivity index (χ1) is 15.2. The molecule has 0 radical (unpaired) electrons. The molecule has 2 aromatic rings. The zero-order valence-electron chi connectivity index (χ0n) is 23.0. The highest BCUT2D eigenvalue weighted by atomic mass is 35.5. The zero-order chi connectivity index (χ0) is 24.7. The van der Waals surface area contributed by atoms with Gasteiger partial charge in [0.25, 0.3) is 0 Å². The van der Waals surface area contributed by atoms with E-state index in [0.29, 0.717) is 17.3 Å². The molecule has 0 heterocycles. The number of rotatable bonds is 2. The normalized spacial score (nSPS) is 15.5. The zero-order valence-corrected chi connectivity index (χ0v) is 23.8. The molecule has 0 aromatic heterocycles. The summed E-state index contributed by atoms with van der Waals surface area (Å²) < 4.78 is 0. The van der Waals surface area contributed by atoms with Crippen LogP contribution < -0.4 is 0 Å². The van der Waals surface area contributed by atoms with Crippen LogP contribution in [0.15, 0.2) is 18.2 Å². The Labute approximate surface area is 209 Å². The van der Waals surface area contributed by atoms with Gasteiger partial charge in [0.05, 0.1) is 0 Å². The van der Waals surface area contributed by atoms with Gasteiger partial charge < -0.3 is 0 Å². The van der Waals surface area contributed by atoms with Gasteiger partial charge in [-0.1, -0.05) is 86.9 Å². The first-order valence-corrected chi connectivity index (χ1v) is 13.6. The minimum Gasteiger partial charge on any atom is -0.0843 e. The van der Waals surface area contributed by atoms with Crippen molar-refractivity contribution in [2.24, 2.45) is 0 Å². The van der Waals surface area contributed by atoms with E-state index in [0.717, 1.165) is 5.02 Å². The second-order valence-corrected chi connectivity index (χ2v) is 13.4. The number of aryl methyl sites for hydroxylation is 2. The highest BCUT2D eigenvalue weighted by Crippen LogP contribution is 2.41. The molecule has 2 aliphatic carbocycles. The molecule has 0 nitrogen and oxygen atoms in total. The fraction of sp³-hybridized carbons (Fsp3) is 0.625. The van der Waals surface area contributed by atoms with Gasteiger partial charge in [-0.25, -0.2) is 0 Å². The van der Waals surface area contributed by atoms with E-state index < -0.39 is 0 Å². The molecule has 0 fully saturated rings. The molecule has 0 amide bonds. The van der Waals surface area contributed by atoms with Crippen LogP contribution in [0.3, 0.4) is 0 Å². The standard InChI is InChI=1S/C16H25Cl.C16H22/c1-10(2)13-8-12(17)9-14(11(3)4)15(13)16(5,6)7;1-16(2,3)15-13-8-4-6-11(13)10-12-7-5-9-14(12)15/h8-11H,1-7H3;10H,4-9H2,1-3H3. The van der Waals surface area contributed by atoms with Crippen LogP contribution in [0.25, 0.3) is 0 Å². The Kier molecular flexibility index (Phi) is 7.80. The minimum atomic E-state index is 0.170. The van der Waals surface area contributed by atoms with Gasteiger partial charge >= 0.3 is 0 Å². The van der Waals surface area contributed by atoms with Crippen LogP contribution in [-0.4, -0.2) is 0 Å². The number of fused-ring (bicyclic) bond motifs is 2. The minimum absolute atomic E-state index is 0.170. The Morgan fingerprint density at radius 1 is 0.606 bits per heavy atom. The molecule has 0 bridgehead atoms. The summed E-state index contributed by atoms with van der Waals surface area (Å²) in [6.07, 6.45) is 8.06. The third kappa shape index (κ3) is 5.70. The molecule has 0 atom stereocenters. The van der Waals surface area contributed by atoms with Gasteiger partial charge in [0.2, 0.25) is 0 Å². The van der Waals surface area contributed by atoms with E-state index in [9.17, 15) is 0 Å². The summed E-state index contributed by atoms with van der Waals surface area (Å²) in [5, 5.41) is 0.866. The van der Waals surface area contributed by atoms with Crippen molar-refractivity contribution in [2.75, 3.05) is 0 Å². The van der Waals surface area contributed by atoms with E-state index in [2.05, 4.69) is 87.4 Å². The lowest BCUT2D eigenvalue weighted by molar-refractivity contribution is 0.564. The van der Waals surface area contributed by atoms with Gasteiger partial charge in [0, 0.05) is 5.02 Å². The fourth-order valence-electron chi connectivity index (χ4n) is 6.15. The largest absolute Gasteiger partial charge is 0.0843 e. The van der Waals surface area contributed by atoms with E-state index in [1.54, 1.807) is 27.8 Å². The predicted molar refractivity (Wildman–Crippen MR) is 148 cm³/mol. The molecule has 0 saturated heterocycles. The van der Waals surface area contributed by atoms with Crippen LogP contribution >= 0.6 is 11.6 Å². The fourth-order valence-corrected chi connectivity index (χ4v) is 6.38. The first kappa shape index (κ1) is 26.3. The number of hydrogen-bond acceptors (Lipinski definition) is 0. The number of halogens is 1. The lowest BCUT2D eigenvalue weighted by Gasteiger charge is -2.30. The summed E-state index contributed by atoms with van der Waals surface area (Å²) in [5.41, 5.74) is 13.3. The summed E-state index contributed by atoms with van der Waals surface area (Å²) in [7, 11) is 0. The maximum Gasteiger partial charge on any atom is 0.0411 e. The van der Waals surface area contributed by atoms with E-state index in [1.165, 1.54) is 55.2 Å². The second-order valence-electron chi connectivity index (χ2n) is 13.0. The Morgan fingerprint density at radius 2 is 1.00 bits per heavy atom. The van der Waals surface area contributed by atoms with Gasteiger partial charge in [-0.15, -0.1) is 0 Å². The van der Waals surface area contributed by atoms with E-state index in [-0.39, 0.29) is 5.41 Å². The van der Waals surface area contributed by atoms with E-state index in [1.807, 2.05) is 0 Å². The maximum absolute atomic E-state index is 6.26. The summed E-state index contributed by atoms with van der Waals surface area (Å²) in [5.74, 6) is 1.03. The summed E-state index contributed by atoms with van der Waals surface area (Å²) in [6.45, 7) is 23.0. The van der Waals surface area contributed by atoms with Crippen LogP contribution in [0.1, 0.15) is 138 Å². The molecule has 1 heteroatoms. The van der Waals surface area contributed by atoms with Crippen molar-refractivity contribution in [3.05, 3.63) is 67.7 Å². The maximum atomic E-state index is 6.26. The van der Waals surface area contributed by atoms with Gasteiger partial charge in [-0.2, -0.15) is 0 Å². The SMILES string of the molecule is CC(C)(C)c1c2c(cc3c1CCC3)CCC2.CC(C)c1cc(Cl)cc(C(C)C)c1C(C)(C)C. The van der Waals surface area contributed by atoms with E-state index in [4.69, 9.17) is 11.6 Å². The van der Waals surface area contributed by atoms with Crippen molar-refractivity contribution in [3.63, 3.8) is 0 Å². The molecule has 182 valence electrons. The molecule has 0 unspecified atom stereocenters. The Balaban J connectivity index is 0.000000186. The predicted octanol–water partition coefficient (Wildman–Crippen LogP) is 9.85. The lowest BCUT2D eigenvalue weighted by atomic mass is 9.75. The average molecular weight is 467 g/mol. The van der Waals surface area contributed by atoms with Crippen LogP contribution in [-0.2, 0) is 36.5 Å². The molecule has 0 saturated carbocycles. The van der Waals surface area contributed by atoms with Crippen molar-refractivity contribution in [3.8, 4) is 0 Å². The molecule has 4 rings (SSSR count). The molecule has 0 spiro atoms. The van der Waals surface area contributed by atoms with Gasteiger partial charge in [0.15, 0.2) is 0 Å². The Bertz CT molecular complexity index is 931. The lowest BCUT2D eigenvalue weighted by Crippen LogP contribution is -2.18. The van der Waals surface area contributed by atoms with Gasteiger partial charge in [-0.3, -0.25) is 0 Å². The van der Waals surface area contributed by atoms with Gasteiger partial charge in [0.1, 0.15) is 0 Å². The second kappa shape index (κ2) is 9.77. The average Bonchev–Trinajstić information content (AvgIpc) is 3.32. The van der Waals surface area contributed by atoms with Crippen LogP contribution in [0.2, 0.25) is 5.02 Å². The third-order valence-corrected chi connectivity index (χ3v) is 7.60. The molecule has 0 aliphatic heterocycles. The molecular formula is C32H47Cl. The molecule has 33 heavy (non-hydrogen) atoms. The van der Waals surface area contributed by atoms with Crippen molar-refractivity contribution in [1.29, 1.82) is 0 Å². The molecule has 2 aliphatic rings. The smallest absolute Gasteiger partial charge is 0.0411 e. The van der Waals surface area contributed by atoms with Crippen LogP contribution in [0.4, 0.5) is 0 Å². The third-order valence-electron chi connectivity index (χ3n) is 7.38. The highest BCUT2D eigenvalue weighted by Gasteiger charge is 2.29. The van der Waals surface area contributed by atoms with Gasteiger partial charge in [-0.05, 0) is 118 Å². The monoisotopic (exact) mass is 466 g/mol. The summed E-state index contributed by atoms with van der Waals surface area (Å²) >= 11 is 6.26. The summed E-state index contributed by atoms with van der Waals surface area (Å²) in [6, 6.07) is 6.80. The highest BCUT2D eigenvalue weighted by molar-refractivity contribution is 6.30. The quantitative estimate of drug-likeness (QED) is 0.413. The molecular weight excluding hydrogens is 420 g/mol. The topological polar surface area (TPSA) is 0 Å².